The molecule has 0 spiro atoms. The van der Waals surface area contributed by atoms with Crippen molar-refractivity contribution in [2.75, 3.05) is 12.1 Å². The van der Waals surface area contributed by atoms with Crippen LogP contribution in [-0.4, -0.2) is 27.8 Å². The van der Waals surface area contributed by atoms with Gasteiger partial charge in [0.15, 0.2) is 11.5 Å². The molecule has 1 aromatic heterocycles. The molecule has 0 unspecified atom stereocenters. The number of nitro benzene ring substituents is 1. The molecule has 1 aliphatic rings. The Hall–Kier alpha value is -3.95. The first kappa shape index (κ1) is 16.5. The molecule has 2 aromatic carbocycles. The monoisotopic (exact) mass is 368 g/mol. The van der Waals surface area contributed by atoms with Crippen LogP contribution in [0.5, 0.6) is 11.5 Å². The van der Waals surface area contributed by atoms with Crippen LogP contribution in [0.4, 0.5) is 11.7 Å². The van der Waals surface area contributed by atoms with Gasteiger partial charge in [0.25, 0.3) is 5.69 Å². The van der Waals surface area contributed by atoms with E-state index in [1.54, 1.807) is 18.2 Å². The molecular weight excluding hydrogens is 356 g/mol. The minimum atomic E-state index is -0.500. The van der Waals surface area contributed by atoms with E-state index in [4.69, 9.17) is 13.9 Å². The van der Waals surface area contributed by atoms with Crippen LogP contribution in [0.1, 0.15) is 5.56 Å². The zero-order chi connectivity index (χ0) is 18.8. The Labute approximate surface area is 151 Å². The van der Waals surface area contributed by atoms with E-state index in [0.717, 1.165) is 0 Å². The topological polar surface area (TPSA) is 130 Å². The molecule has 0 saturated carbocycles. The first-order valence-corrected chi connectivity index (χ1v) is 7.85. The summed E-state index contributed by atoms with van der Waals surface area (Å²) in [5.41, 5.74) is 1.21. The number of fused-ring (bicyclic) bond motifs is 1. The predicted octanol–water partition coefficient (Wildman–Crippen LogP) is 2.55. The van der Waals surface area contributed by atoms with Crippen LogP contribution in [0.2, 0.25) is 0 Å². The molecule has 10 nitrogen and oxygen atoms in total. The van der Waals surface area contributed by atoms with Gasteiger partial charge in [0.05, 0.1) is 11.3 Å². The normalized spacial score (nSPS) is 12.0. The largest absolute Gasteiger partial charge is 0.454 e. The zero-order valence-electron chi connectivity index (χ0n) is 13.7. The molecule has 1 N–H and O–H groups in total. The molecule has 0 saturated heterocycles. The molecule has 1 amide bonds. The highest BCUT2D eigenvalue weighted by atomic mass is 16.7. The van der Waals surface area contributed by atoms with Gasteiger partial charge in [-0.15, -0.1) is 5.10 Å². The van der Waals surface area contributed by atoms with Crippen molar-refractivity contribution in [3.63, 3.8) is 0 Å². The summed E-state index contributed by atoms with van der Waals surface area (Å²) in [5, 5.41) is 20.8. The van der Waals surface area contributed by atoms with Crippen LogP contribution in [0.25, 0.3) is 11.5 Å². The number of benzene rings is 2. The van der Waals surface area contributed by atoms with Gasteiger partial charge in [-0.2, -0.15) is 0 Å². The van der Waals surface area contributed by atoms with E-state index in [9.17, 15) is 14.9 Å². The molecule has 1 aliphatic heterocycles. The van der Waals surface area contributed by atoms with Gasteiger partial charge in [-0.1, -0.05) is 17.2 Å². The maximum atomic E-state index is 12.1. The molecule has 0 fully saturated rings. The number of hydrogen-bond donors (Lipinski definition) is 1. The van der Waals surface area contributed by atoms with Gasteiger partial charge in [0.2, 0.25) is 18.6 Å². The SMILES string of the molecule is O=C(Cc1ccc([N+](=O)[O-])cc1)Nc1nnc(-c2ccc3c(c2)OCO3)o1. The van der Waals surface area contributed by atoms with E-state index in [1.807, 2.05) is 0 Å². The molecular formula is C17H12N4O6. The lowest BCUT2D eigenvalue weighted by molar-refractivity contribution is -0.384. The smallest absolute Gasteiger partial charge is 0.322 e. The Morgan fingerprint density at radius 3 is 2.67 bits per heavy atom. The lowest BCUT2D eigenvalue weighted by Crippen LogP contribution is -2.14. The van der Waals surface area contributed by atoms with Gasteiger partial charge >= 0.3 is 6.01 Å². The Balaban J connectivity index is 1.41. The van der Waals surface area contributed by atoms with Gasteiger partial charge in [0.1, 0.15) is 0 Å². The molecule has 27 heavy (non-hydrogen) atoms. The lowest BCUT2D eigenvalue weighted by Gasteiger charge is -2.01. The summed E-state index contributed by atoms with van der Waals surface area (Å²) in [6.07, 6.45) is 0.0136. The van der Waals surface area contributed by atoms with Crippen LogP contribution >= 0.6 is 0 Å². The van der Waals surface area contributed by atoms with E-state index in [0.29, 0.717) is 22.6 Å². The fourth-order valence-corrected chi connectivity index (χ4v) is 2.50. The number of anilines is 1. The van der Waals surface area contributed by atoms with Crippen molar-refractivity contribution in [1.82, 2.24) is 10.2 Å². The third kappa shape index (κ3) is 3.54. The summed E-state index contributed by atoms with van der Waals surface area (Å²) in [6, 6.07) is 10.8. The Morgan fingerprint density at radius 2 is 1.89 bits per heavy atom. The van der Waals surface area contributed by atoms with Crippen LogP contribution in [0.15, 0.2) is 46.9 Å². The van der Waals surface area contributed by atoms with Crippen molar-refractivity contribution < 1.29 is 23.6 Å². The maximum absolute atomic E-state index is 12.1. The highest BCUT2D eigenvalue weighted by molar-refractivity contribution is 5.90. The van der Waals surface area contributed by atoms with Crippen molar-refractivity contribution in [2.45, 2.75) is 6.42 Å². The molecule has 0 radical (unpaired) electrons. The number of ether oxygens (including phenoxy) is 2. The van der Waals surface area contributed by atoms with Crippen LogP contribution in [0, 0.1) is 10.1 Å². The van der Waals surface area contributed by atoms with Crippen LogP contribution in [-0.2, 0) is 11.2 Å². The first-order valence-electron chi connectivity index (χ1n) is 7.85. The Kier molecular flexibility index (Phi) is 4.13. The van der Waals surface area contributed by atoms with Crippen molar-refractivity contribution in [3.8, 4) is 23.0 Å². The van der Waals surface area contributed by atoms with Gasteiger partial charge in [0, 0.05) is 17.7 Å². The second-order valence-corrected chi connectivity index (χ2v) is 5.63. The van der Waals surface area contributed by atoms with Crippen LogP contribution in [0.3, 0.4) is 0 Å². The predicted molar refractivity (Wildman–Crippen MR) is 91.3 cm³/mol. The zero-order valence-corrected chi connectivity index (χ0v) is 13.7. The number of carbonyl (C=O) groups excluding carboxylic acids is 1. The summed E-state index contributed by atoms with van der Waals surface area (Å²) in [5.74, 6) is 1.05. The lowest BCUT2D eigenvalue weighted by atomic mass is 10.1. The minimum absolute atomic E-state index is 0.0136. The van der Waals surface area contributed by atoms with Gasteiger partial charge in [-0.25, -0.2) is 0 Å². The molecule has 10 heteroatoms. The highest BCUT2D eigenvalue weighted by Crippen LogP contribution is 2.35. The number of hydrogen-bond acceptors (Lipinski definition) is 8. The number of carbonyl (C=O) groups is 1. The maximum Gasteiger partial charge on any atom is 0.322 e. The average molecular weight is 368 g/mol. The number of aromatic nitrogens is 2. The highest BCUT2D eigenvalue weighted by Gasteiger charge is 2.17. The number of nitrogens with zero attached hydrogens (tertiary/aromatic N) is 3. The van der Waals surface area contributed by atoms with Crippen molar-refractivity contribution in [2.24, 2.45) is 0 Å². The third-order valence-electron chi connectivity index (χ3n) is 3.80. The molecule has 0 atom stereocenters. The summed E-state index contributed by atoms with van der Waals surface area (Å²) < 4.78 is 16.0. The fourth-order valence-electron chi connectivity index (χ4n) is 2.50. The first-order chi connectivity index (χ1) is 13.1. The average Bonchev–Trinajstić information content (AvgIpc) is 3.30. The second-order valence-electron chi connectivity index (χ2n) is 5.63. The van der Waals surface area contributed by atoms with E-state index >= 15 is 0 Å². The number of non-ortho nitro benzene ring substituents is 1. The number of nitrogens with one attached hydrogen (secondary N) is 1. The van der Waals surface area contributed by atoms with Gasteiger partial charge < -0.3 is 13.9 Å². The Morgan fingerprint density at radius 1 is 1.11 bits per heavy atom. The fraction of sp³-hybridized carbons (Fsp3) is 0.118. The van der Waals surface area contributed by atoms with E-state index in [2.05, 4.69) is 15.5 Å². The quantitative estimate of drug-likeness (QED) is 0.537. The third-order valence-corrected chi connectivity index (χ3v) is 3.80. The number of rotatable bonds is 5. The summed E-state index contributed by atoms with van der Waals surface area (Å²) in [6.45, 7) is 0.159. The molecule has 4 rings (SSSR count). The number of nitro groups is 1. The van der Waals surface area contributed by atoms with E-state index in [-0.39, 0.29) is 36.7 Å². The molecule has 0 aliphatic carbocycles. The van der Waals surface area contributed by atoms with Crippen molar-refractivity contribution >= 4 is 17.6 Å². The Bertz CT molecular complexity index is 1010. The summed E-state index contributed by atoms with van der Waals surface area (Å²) in [7, 11) is 0. The summed E-state index contributed by atoms with van der Waals surface area (Å²) >= 11 is 0. The molecule has 136 valence electrons. The molecule has 3 aromatic rings. The van der Waals surface area contributed by atoms with E-state index < -0.39 is 4.92 Å². The molecule has 2 heterocycles. The minimum Gasteiger partial charge on any atom is -0.454 e. The number of amides is 1. The van der Waals surface area contributed by atoms with Crippen molar-refractivity contribution in [1.29, 1.82) is 0 Å². The standard InChI is InChI=1S/C17H12N4O6/c22-15(7-10-1-4-12(5-2-10)21(23)24)18-17-20-19-16(27-17)11-3-6-13-14(8-11)26-9-25-13/h1-6,8H,7,9H2,(H,18,20,22). The second kappa shape index (κ2) is 6.75. The van der Waals surface area contributed by atoms with Crippen LogP contribution < -0.4 is 14.8 Å². The van der Waals surface area contributed by atoms with Gasteiger partial charge in [-0.3, -0.25) is 20.2 Å². The summed E-state index contributed by atoms with van der Waals surface area (Å²) in [4.78, 5) is 22.2. The van der Waals surface area contributed by atoms with Crippen molar-refractivity contribution in [3.05, 3.63) is 58.1 Å². The van der Waals surface area contributed by atoms with E-state index in [1.165, 1.54) is 24.3 Å². The molecule has 0 bridgehead atoms. The van der Waals surface area contributed by atoms with Gasteiger partial charge in [-0.05, 0) is 23.8 Å².